The van der Waals surface area contributed by atoms with Gasteiger partial charge < -0.3 is 10.6 Å². The number of likely N-dealkylation sites (tertiary alicyclic amines) is 1. The van der Waals surface area contributed by atoms with Crippen LogP contribution < -0.4 is 5.73 Å². The minimum Gasteiger partial charge on any atom is -0.369 e. The zero-order valence-electron chi connectivity index (χ0n) is 18.7. The van der Waals surface area contributed by atoms with Crippen LogP contribution in [0.5, 0.6) is 0 Å². The number of primary amides is 1. The number of alkyl halides is 3. The van der Waals surface area contributed by atoms with Gasteiger partial charge in [-0.1, -0.05) is 18.2 Å². The number of pyridine rings is 1. The van der Waals surface area contributed by atoms with Gasteiger partial charge in [0.15, 0.2) is 5.82 Å². The summed E-state index contributed by atoms with van der Waals surface area (Å²) in [5, 5.41) is 4.31. The third-order valence-corrected chi connectivity index (χ3v) is 6.92. The van der Waals surface area contributed by atoms with Gasteiger partial charge in [-0.15, -0.1) is 0 Å². The molecule has 35 heavy (non-hydrogen) atoms. The summed E-state index contributed by atoms with van der Waals surface area (Å²) < 4.78 is 41.0. The molecule has 1 aromatic carbocycles. The number of benzene rings is 1. The predicted octanol–water partition coefficient (Wildman–Crippen LogP) is 3.12. The lowest BCUT2D eigenvalue weighted by Gasteiger charge is -2.33. The summed E-state index contributed by atoms with van der Waals surface area (Å²) in [6, 6.07) is 11.4. The molecule has 1 aliphatic carbocycles. The van der Waals surface area contributed by atoms with E-state index in [1.807, 2.05) is 0 Å². The number of hydrogen-bond donors (Lipinski definition) is 1. The Morgan fingerprint density at radius 3 is 2.51 bits per heavy atom. The van der Waals surface area contributed by atoms with E-state index in [4.69, 9.17) is 5.73 Å². The monoisotopic (exact) mass is 484 g/mol. The van der Waals surface area contributed by atoms with Crippen molar-refractivity contribution in [1.29, 1.82) is 0 Å². The number of nitrogens with two attached hydrogens (primary N) is 1. The van der Waals surface area contributed by atoms with Gasteiger partial charge in [0.25, 0.3) is 5.91 Å². The van der Waals surface area contributed by atoms with Crippen molar-refractivity contribution in [3.8, 4) is 11.4 Å². The summed E-state index contributed by atoms with van der Waals surface area (Å²) in [5.74, 6) is -1.94. The van der Waals surface area contributed by atoms with Crippen LogP contribution in [0.15, 0.2) is 55.0 Å². The molecule has 2 aliphatic rings. The van der Waals surface area contributed by atoms with Crippen LogP contribution in [-0.4, -0.2) is 55.7 Å². The molecule has 3 aromatic rings. The van der Waals surface area contributed by atoms with Gasteiger partial charge in [0.2, 0.25) is 5.91 Å². The van der Waals surface area contributed by atoms with Crippen LogP contribution in [0.25, 0.3) is 11.4 Å². The molecule has 1 aliphatic heterocycles. The molecule has 8 nitrogen and oxygen atoms in total. The topological polar surface area (TPSA) is 107 Å². The Morgan fingerprint density at radius 2 is 1.86 bits per heavy atom. The predicted molar refractivity (Wildman–Crippen MR) is 119 cm³/mol. The lowest BCUT2D eigenvalue weighted by molar-refractivity contribution is -0.184. The first-order valence-corrected chi connectivity index (χ1v) is 11.3. The maximum atomic E-state index is 13.1. The van der Waals surface area contributed by atoms with E-state index in [2.05, 4.69) is 15.1 Å². The Hall–Kier alpha value is -3.76. The van der Waals surface area contributed by atoms with Gasteiger partial charge in [-0.2, -0.15) is 18.3 Å². The number of piperidine rings is 1. The van der Waals surface area contributed by atoms with E-state index in [-0.39, 0.29) is 19.0 Å². The fourth-order valence-electron chi connectivity index (χ4n) is 4.89. The second-order valence-corrected chi connectivity index (χ2v) is 9.01. The Morgan fingerprint density at radius 1 is 1.09 bits per heavy atom. The summed E-state index contributed by atoms with van der Waals surface area (Å²) in [5.41, 5.74) is 6.29. The average Bonchev–Trinajstić information content (AvgIpc) is 3.44. The van der Waals surface area contributed by atoms with Gasteiger partial charge >= 0.3 is 6.18 Å². The van der Waals surface area contributed by atoms with Crippen LogP contribution in [0.1, 0.15) is 41.4 Å². The number of nitrogens with zero attached hydrogens (tertiary/aromatic N) is 5. The zero-order valence-corrected chi connectivity index (χ0v) is 18.7. The summed E-state index contributed by atoms with van der Waals surface area (Å²) in [4.78, 5) is 35.1. The highest BCUT2D eigenvalue weighted by Gasteiger charge is 2.63. The van der Waals surface area contributed by atoms with E-state index >= 15 is 0 Å². The van der Waals surface area contributed by atoms with Gasteiger partial charge in [0, 0.05) is 30.4 Å². The maximum absolute atomic E-state index is 13.1. The van der Waals surface area contributed by atoms with E-state index in [1.54, 1.807) is 53.3 Å². The van der Waals surface area contributed by atoms with Gasteiger partial charge in [-0.05, 0) is 43.5 Å². The standard InChI is InChI=1S/C24H23F3N6O2/c25-24(26,27)17-4-3-11-32(13-17)21(34)16-8-6-15(7-9-16)20-30-14-31-33(20)19-12-23(19,22(28)35)18-5-1-2-10-29-18/h1-2,5-10,14,17,19H,3-4,11-13H2,(H2,28,35). The Bertz CT molecular complexity index is 1240. The normalized spacial score (nSPS) is 24.3. The number of rotatable bonds is 5. The van der Waals surface area contributed by atoms with Crippen LogP contribution in [0.4, 0.5) is 13.2 Å². The minimum atomic E-state index is -4.31. The second-order valence-electron chi connectivity index (χ2n) is 9.01. The Kier molecular flexibility index (Phi) is 5.57. The molecule has 2 aromatic heterocycles. The SMILES string of the molecule is NC(=O)C1(c2ccccn2)CC1n1ncnc1-c1ccc(C(=O)N2CCCC(C(F)(F)F)C2)cc1. The van der Waals surface area contributed by atoms with Crippen molar-refractivity contribution < 1.29 is 22.8 Å². The number of aromatic nitrogens is 4. The fourth-order valence-corrected chi connectivity index (χ4v) is 4.89. The van der Waals surface area contributed by atoms with Crippen molar-refractivity contribution >= 4 is 11.8 Å². The first-order valence-electron chi connectivity index (χ1n) is 11.3. The molecule has 3 unspecified atom stereocenters. The summed E-state index contributed by atoms with van der Waals surface area (Å²) in [7, 11) is 0. The third kappa shape index (κ3) is 4.04. The highest BCUT2D eigenvalue weighted by atomic mass is 19.4. The molecule has 0 spiro atoms. The van der Waals surface area contributed by atoms with Gasteiger partial charge in [-0.3, -0.25) is 14.6 Å². The van der Waals surface area contributed by atoms with Crippen LogP contribution in [-0.2, 0) is 10.2 Å². The molecular weight excluding hydrogens is 461 g/mol. The number of amides is 2. The largest absolute Gasteiger partial charge is 0.393 e. The fraction of sp³-hybridized carbons (Fsp3) is 0.375. The first kappa shape index (κ1) is 23.0. The molecular formula is C24H23F3N6O2. The molecule has 2 fully saturated rings. The molecule has 0 bridgehead atoms. The molecule has 3 atom stereocenters. The number of carbonyl (C=O) groups is 2. The lowest BCUT2D eigenvalue weighted by atomic mass is 9.96. The van der Waals surface area contributed by atoms with E-state index in [0.717, 1.165) is 0 Å². The van der Waals surface area contributed by atoms with Crippen molar-refractivity contribution in [2.24, 2.45) is 11.7 Å². The number of halogens is 3. The van der Waals surface area contributed by atoms with Crippen molar-refractivity contribution in [3.63, 3.8) is 0 Å². The zero-order chi connectivity index (χ0) is 24.8. The second kappa shape index (κ2) is 8.47. The highest BCUT2D eigenvalue weighted by molar-refractivity contribution is 5.94. The van der Waals surface area contributed by atoms with Crippen molar-refractivity contribution in [2.45, 2.75) is 36.9 Å². The Labute approximate surface area is 199 Å². The summed E-state index contributed by atoms with van der Waals surface area (Å²) in [6.45, 7) is -0.0330. The van der Waals surface area contributed by atoms with E-state index in [1.165, 1.54) is 11.2 Å². The quantitative estimate of drug-likeness (QED) is 0.599. The van der Waals surface area contributed by atoms with Crippen LogP contribution in [0.2, 0.25) is 0 Å². The molecule has 182 valence electrons. The molecule has 0 radical (unpaired) electrons. The molecule has 11 heteroatoms. The first-order chi connectivity index (χ1) is 16.7. The third-order valence-electron chi connectivity index (χ3n) is 6.92. The van der Waals surface area contributed by atoms with E-state index in [9.17, 15) is 22.8 Å². The van der Waals surface area contributed by atoms with E-state index in [0.29, 0.717) is 42.0 Å². The maximum Gasteiger partial charge on any atom is 0.393 e. The molecule has 5 rings (SSSR count). The van der Waals surface area contributed by atoms with Crippen molar-refractivity contribution in [3.05, 3.63) is 66.2 Å². The molecule has 2 N–H and O–H groups in total. The van der Waals surface area contributed by atoms with Crippen LogP contribution >= 0.6 is 0 Å². The van der Waals surface area contributed by atoms with Gasteiger partial charge in [-0.25, -0.2) is 9.67 Å². The number of carbonyl (C=O) groups excluding carboxylic acids is 2. The highest BCUT2D eigenvalue weighted by Crippen LogP contribution is 2.57. The average molecular weight is 484 g/mol. The lowest BCUT2D eigenvalue weighted by Crippen LogP contribution is -2.44. The van der Waals surface area contributed by atoms with Crippen LogP contribution in [0, 0.1) is 5.92 Å². The number of hydrogen-bond acceptors (Lipinski definition) is 5. The molecule has 3 heterocycles. The summed E-state index contributed by atoms with van der Waals surface area (Å²) >= 11 is 0. The van der Waals surface area contributed by atoms with Crippen molar-refractivity contribution in [2.75, 3.05) is 13.1 Å². The summed E-state index contributed by atoms with van der Waals surface area (Å²) in [6.07, 6.45) is -0.550. The minimum absolute atomic E-state index is 0.0361. The van der Waals surface area contributed by atoms with Crippen molar-refractivity contribution in [1.82, 2.24) is 24.6 Å². The Balaban J connectivity index is 1.36. The van der Waals surface area contributed by atoms with Gasteiger partial charge in [0.1, 0.15) is 11.7 Å². The molecule has 2 amide bonds. The smallest absolute Gasteiger partial charge is 0.369 e. The molecule has 1 saturated heterocycles. The van der Waals surface area contributed by atoms with Crippen LogP contribution in [0.3, 0.4) is 0 Å². The van der Waals surface area contributed by atoms with E-state index < -0.39 is 29.3 Å². The molecule has 1 saturated carbocycles. The van der Waals surface area contributed by atoms with Gasteiger partial charge in [0.05, 0.1) is 17.7 Å².